The second kappa shape index (κ2) is 6.40. The Morgan fingerprint density at radius 2 is 1.82 bits per heavy atom. The number of ether oxygens (including phenoxy) is 1. The van der Waals surface area contributed by atoms with Crippen molar-refractivity contribution in [2.45, 2.75) is 13.8 Å². The number of aromatic nitrogens is 1. The molecule has 118 valence electrons. The molecule has 1 aliphatic heterocycles. The van der Waals surface area contributed by atoms with Crippen LogP contribution in [0.4, 0.5) is 5.82 Å². The van der Waals surface area contributed by atoms with Gasteiger partial charge >= 0.3 is 0 Å². The number of anilines is 1. The zero-order valence-electron chi connectivity index (χ0n) is 13.3. The normalized spacial score (nSPS) is 15.3. The third kappa shape index (κ3) is 2.68. The third-order valence-electron chi connectivity index (χ3n) is 4.26. The molecule has 0 atom stereocenters. The Hall–Kier alpha value is -2.01. The molecule has 0 aliphatic carbocycles. The molecule has 3 rings (SSSR count). The number of hydrogen-bond acceptors (Lipinski definition) is 3. The van der Waals surface area contributed by atoms with Gasteiger partial charge in [0.15, 0.2) is 0 Å². The van der Waals surface area contributed by atoms with Crippen molar-refractivity contribution >= 4 is 17.2 Å². The molecule has 0 radical (unpaired) electrons. The quantitative estimate of drug-likeness (QED) is 0.869. The average Bonchev–Trinajstić information content (AvgIpc) is 2.99. The summed E-state index contributed by atoms with van der Waals surface area (Å²) in [5.41, 5.74) is 1.85. The summed E-state index contributed by atoms with van der Waals surface area (Å²) in [6, 6.07) is 8.14. The molecule has 0 spiro atoms. The lowest BCUT2D eigenvalue weighted by atomic mass is 10.2. The van der Waals surface area contributed by atoms with Gasteiger partial charge in [-0.3, -0.25) is 4.79 Å². The molecule has 3 heterocycles. The lowest BCUT2D eigenvalue weighted by Crippen LogP contribution is -2.40. The predicted molar refractivity (Wildman–Crippen MR) is 87.7 cm³/mol. The molecule has 1 aliphatic rings. The molecule has 1 saturated heterocycles. The summed E-state index contributed by atoms with van der Waals surface area (Å²) in [6.45, 7) is 8.78. The van der Waals surface area contributed by atoms with E-state index in [0.717, 1.165) is 30.0 Å². The predicted octanol–water partition coefficient (Wildman–Crippen LogP) is 2.26. The highest BCUT2D eigenvalue weighted by Gasteiger charge is 2.19. The first kappa shape index (κ1) is 14.9. The number of morpholine rings is 1. The molecule has 2 aromatic rings. The van der Waals surface area contributed by atoms with Crippen LogP contribution in [0.25, 0.3) is 5.52 Å². The maximum Gasteiger partial charge on any atom is 0.255 e. The standard InChI is InChI=1S/C17H23N3O2/c1-3-18(4-2)16-8-7-15-6-5-14(13-20(15)16)17(21)19-9-11-22-12-10-19/h5-8,13H,3-4,9-12H2,1-2H3. The Labute approximate surface area is 131 Å². The Balaban J connectivity index is 1.94. The highest BCUT2D eigenvalue weighted by atomic mass is 16.5. The number of rotatable bonds is 4. The van der Waals surface area contributed by atoms with Crippen molar-refractivity contribution in [2.75, 3.05) is 44.3 Å². The summed E-state index contributed by atoms with van der Waals surface area (Å²) in [7, 11) is 0. The zero-order chi connectivity index (χ0) is 15.5. The maximum absolute atomic E-state index is 12.6. The van der Waals surface area contributed by atoms with Crippen LogP contribution in [0, 0.1) is 0 Å². The summed E-state index contributed by atoms with van der Waals surface area (Å²) in [5.74, 6) is 1.22. The van der Waals surface area contributed by atoms with Crippen molar-refractivity contribution in [2.24, 2.45) is 0 Å². The number of nitrogens with zero attached hydrogens (tertiary/aromatic N) is 3. The van der Waals surface area contributed by atoms with Gasteiger partial charge in [-0.2, -0.15) is 0 Å². The van der Waals surface area contributed by atoms with Crippen molar-refractivity contribution < 1.29 is 9.53 Å². The molecular weight excluding hydrogens is 278 g/mol. The summed E-state index contributed by atoms with van der Waals surface area (Å²) in [5, 5.41) is 0. The molecular formula is C17H23N3O2. The van der Waals surface area contributed by atoms with Crippen LogP contribution in [0.5, 0.6) is 0 Å². The second-order valence-corrected chi connectivity index (χ2v) is 5.48. The van der Waals surface area contributed by atoms with Crippen LogP contribution in [-0.4, -0.2) is 54.6 Å². The highest BCUT2D eigenvalue weighted by molar-refractivity contribution is 5.94. The van der Waals surface area contributed by atoms with Crippen LogP contribution < -0.4 is 4.90 Å². The molecule has 5 heteroatoms. The van der Waals surface area contributed by atoms with E-state index in [1.54, 1.807) is 0 Å². The second-order valence-electron chi connectivity index (χ2n) is 5.48. The van der Waals surface area contributed by atoms with E-state index in [1.807, 2.05) is 23.2 Å². The molecule has 0 aromatic carbocycles. The number of amides is 1. The highest BCUT2D eigenvalue weighted by Crippen LogP contribution is 2.21. The minimum atomic E-state index is 0.0874. The molecule has 0 unspecified atom stereocenters. The van der Waals surface area contributed by atoms with Crippen LogP contribution in [0.15, 0.2) is 30.5 Å². The monoisotopic (exact) mass is 301 g/mol. The van der Waals surface area contributed by atoms with Gasteiger partial charge in [0.1, 0.15) is 5.82 Å². The largest absolute Gasteiger partial charge is 0.378 e. The molecule has 22 heavy (non-hydrogen) atoms. The van der Waals surface area contributed by atoms with Gasteiger partial charge in [0.25, 0.3) is 5.91 Å². The fraction of sp³-hybridized carbons (Fsp3) is 0.471. The van der Waals surface area contributed by atoms with Crippen LogP contribution in [0.1, 0.15) is 24.2 Å². The molecule has 0 bridgehead atoms. The summed E-state index contributed by atoms with van der Waals surface area (Å²) in [4.78, 5) is 16.8. The zero-order valence-corrected chi connectivity index (χ0v) is 13.3. The van der Waals surface area contributed by atoms with E-state index in [4.69, 9.17) is 4.74 Å². The van der Waals surface area contributed by atoms with Crippen LogP contribution >= 0.6 is 0 Å². The van der Waals surface area contributed by atoms with E-state index in [9.17, 15) is 4.79 Å². The van der Waals surface area contributed by atoms with Crippen molar-refractivity contribution in [3.63, 3.8) is 0 Å². The van der Waals surface area contributed by atoms with Gasteiger partial charge in [-0.15, -0.1) is 0 Å². The average molecular weight is 301 g/mol. The minimum absolute atomic E-state index is 0.0874. The maximum atomic E-state index is 12.6. The van der Waals surface area contributed by atoms with E-state index < -0.39 is 0 Å². The minimum Gasteiger partial charge on any atom is -0.378 e. The lowest BCUT2D eigenvalue weighted by Gasteiger charge is -2.27. The van der Waals surface area contributed by atoms with E-state index in [0.29, 0.717) is 26.3 Å². The first-order chi connectivity index (χ1) is 10.7. The van der Waals surface area contributed by atoms with Gasteiger partial charge < -0.3 is 18.9 Å². The Bertz CT molecular complexity index is 655. The Kier molecular flexibility index (Phi) is 4.34. The van der Waals surface area contributed by atoms with Gasteiger partial charge in [-0.25, -0.2) is 0 Å². The summed E-state index contributed by atoms with van der Waals surface area (Å²) >= 11 is 0. The fourth-order valence-corrected chi connectivity index (χ4v) is 2.97. The van der Waals surface area contributed by atoms with Crippen molar-refractivity contribution in [1.82, 2.24) is 9.30 Å². The Morgan fingerprint density at radius 3 is 2.50 bits per heavy atom. The van der Waals surface area contributed by atoms with Gasteiger partial charge in [0, 0.05) is 37.9 Å². The van der Waals surface area contributed by atoms with E-state index in [1.165, 1.54) is 0 Å². The first-order valence-corrected chi connectivity index (χ1v) is 7.97. The van der Waals surface area contributed by atoms with E-state index >= 15 is 0 Å². The van der Waals surface area contributed by atoms with Gasteiger partial charge in [0.2, 0.25) is 0 Å². The molecule has 0 N–H and O–H groups in total. The molecule has 1 fully saturated rings. The smallest absolute Gasteiger partial charge is 0.255 e. The van der Waals surface area contributed by atoms with Gasteiger partial charge in [-0.1, -0.05) is 0 Å². The number of pyridine rings is 1. The topological polar surface area (TPSA) is 37.2 Å². The molecule has 0 saturated carbocycles. The van der Waals surface area contributed by atoms with Gasteiger partial charge in [0.05, 0.1) is 18.8 Å². The van der Waals surface area contributed by atoms with Crippen LogP contribution in [0.2, 0.25) is 0 Å². The fourth-order valence-electron chi connectivity index (χ4n) is 2.97. The lowest BCUT2D eigenvalue weighted by molar-refractivity contribution is 0.0302. The number of fused-ring (bicyclic) bond motifs is 1. The van der Waals surface area contributed by atoms with Crippen molar-refractivity contribution in [3.05, 3.63) is 36.0 Å². The molecule has 5 nitrogen and oxygen atoms in total. The number of carbonyl (C=O) groups excluding carboxylic acids is 1. The van der Waals surface area contributed by atoms with Crippen LogP contribution in [0.3, 0.4) is 0 Å². The number of hydrogen-bond donors (Lipinski definition) is 0. The first-order valence-electron chi connectivity index (χ1n) is 7.97. The van der Waals surface area contributed by atoms with Crippen molar-refractivity contribution in [1.29, 1.82) is 0 Å². The summed E-state index contributed by atoms with van der Waals surface area (Å²) in [6.07, 6.45) is 1.96. The Morgan fingerprint density at radius 1 is 1.14 bits per heavy atom. The number of carbonyl (C=O) groups is 1. The third-order valence-corrected chi connectivity index (χ3v) is 4.26. The van der Waals surface area contributed by atoms with Crippen molar-refractivity contribution in [3.8, 4) is 0 Å². The summed E-state index contributed by atoms with van der Waals surface area (Å²) < 4.78 is 7.43. The van der Waals surface area contributed by atoms with Crippen LogP contribution in [-0.2, 0) is 4.74 Å². The van der Waals surface area contributed by atoms with E-state index in [2.05, 4.69) is 35.3 Å². The SMILES string of the molecule is CCN(CC)c1ccc2ccc(C(=O)N3CCOCC3)cn12. The molecule has 1 amide bonds. The van der Waals surface area contributed by atoms with Gasteiger partial charge in [-0.05, 0) is 38.1 Å². The van der Waals surface area contributed by atoms with E-state index in [-0.39, 0.29) is 5.91 Å². The molecule has 2 aromatic heterocycles.